The zero-order chi connectivity index (χ0) is 29.7. The van der Waals surface area contributed by atoms with Crippen molar-refractivity contribution in [1.29, 1.82) is 0 Å². The van der Waals surface area contributed by atoms with Gasteiger partial charge in [0.25, 0.3) is 0 Å². The third kappa shape index (κ3) is 7.13. The molecule has 11 heteroatoms. The predicted octanol–water partition coefficient (Wildman–Crippen LogP) is 4.56. The van der Waals surface area contributed by atoms with E-state index in [4.69, 9.17) is 17.3 Å². The van der Waals surface area contributed by atoms with Gasteiger partial charge in [0.2, 0.25) is 15.9 Å². The number of anilines is 1. The van der Waals surface area contributed by atoms with Gasteiger partial charge in [-0.25, -0.2) is 12.8 Å². The third-order valence-corrected chi connectivity index (χ3v) is 9.92. The van der Waals surface area contributed by atoms with Gasteiger partial charge in [0.1, 0.15) is 5.82 Å². The molecule has 8 nitrogen and oxygen atoms in total. The fourth-order valence-corrected chi connectivity index (χ4v) is 7.57. The summed E-state index contributed by atoms with van der Waals surface area (Å²) in [6, 6.07) is 13.9. The summed E-state index contributed by atoms with van der Waals surface area (Å²) in [6.07, 6.45) is 3.01. The van der Waals surface area contributed by atoms with E-state index in [0.717, 1.165) is 11.8 Å². The van der Waals surface area contributed by atoms with Crippen LogP contribution in [0.3, 0.4) is 0 Å². The lowest BCUT2D eigenvalue weighted by Gasteiger charge is -2.40. The third-order valence-electron chi connectivity index (χ3n) is 7.59. The second-order valence-electron chi connectivity index (χ2n) is 10.8. The molecule has 41 heavy (non-hydrogen) atoms. The number of nitrogens with one attached hydrogen (secondary N) is 2. The highest BCUT2D eigenvalue weighted by molar-refractivity contribution is 7.89. The first-order chi connectivity index (χ1) is 19.5. The normalized spacial score (nSPS) is 19.6. The summed E-state index contributed by atoms with van der Waals surface area (Å²) in [7, 11) is -3.77. The van der Waals surface area contributed by atoms with E-state index in [1.165, 1.54) is 10.5 Å². The fourth-order valence-electron chi connectivity index (χ4n) is 5.58. The van der Waals surface area contributed by atoms with Gasteiger partial charge >= 0.3 is 0 Å². The zero-order valence-electron chi connectivity index (χ0n) is 23.4. The van der Waals surface area contributed by atoms with Crippen LogP contribution in [0.1, 0.15) is 44.2 Å². The van der Waals surface area contributed by atoms with Crippen molar-refractivity contribution in [3.05, 3.63) is 89.0 Å². The molecule has 3 aromatic rings. The highest BCUT2D eigenvalue weighted by Crippen LogP contribution is 2.30. The minimum atomic E-state index is -3.77. The molecule has 1 aromatic heterocycles. The van der Waals surface area contributed by atoms with Crippen molar-refractivity contribution in [2.45, 2.75) is 62.6 Å². The quantitative estimate of drug-likeness (QED) is 0.314. The number of amides is 1. The van der Waals surface area contributed by atoms with Crippen molar-refractivity contribution in [2.75, 3.05) is 18.4 Å². The molecule has 0 aliphatic carbocycles. The number of nitrogens with zero attached hydrogens (tertiary/aromatic N) is 2. The molecule has 1 aliphatic heterocycles. The standard InChI is InChI=1S/C30H37ClFN5O3S/c1-19(2)28(21-9-11-22(31)12-10-21)29(33)30(38)36-27-18-35-17-26(32)25(27)14-13-23-16-34-15-20(3)37(23)41(39,40)24-7-5-4-6-8-24/h4-12,17-20,23,28-29,34H,13-16,33H2,1-3H3,(H,36,38)/t20-,23+,28-,29+/m1/s1. The molecule has 4 atom stereocenters. The van der Waals surface area contributed by atoms with Crippen LogP contribution in [0, 0.1) is 11.7 Å². The van der Waals surface area contributed by atoms with Crippen LogP contribution in [-0.4, -0.2) is 54.8 Å². The molecule has 1 fully saturated rings. The second-order valence-corrected chi connectivity index (χ2v) is 13.1. The van der Waals surface area contributed by atoms with Gasteiger partial charge in [0.15, 0.2) is 0 Å². The van der Waals surface area contributed by atoms with Crippen molar-refractivity contribution < 1.29 is 17.6 Å². The van der Waals surface area contributed by atoms with Crippen molar-refractivity contribution in [1.82, 2.24) is 14.6 Å². The van der Waals surface area contributed by atoms with E-state index < -0.39 is 33.8 Å². The molecule has 4 N–H and O–H groups in total. The Hall–Kier alpha value is -2.89. The van der Waals surface area contributed by atoms with E-state index in [0.29, 0.717) is 24.5 Å². The van der Waals surface area contributed by atoms with Gasteiger partial charge < -0.3 is 16.4 Å². The first kappa shape index (κ1) is 31.1. The van der Waals surface area contributed by atoms with Gasteiger partial charge in [-0.3, -0.25) is 9.78 Å². The Kier molecular flexibility index (Phi) is 10.1. The Bertz CT molecular complexity index is 1440. The molecule has 1 saturated heterocycles. The van der Waals surface area contributed by atoms with E-state index in [-0.39, 0.29) is 40.4 Å². The van der Waals surface area contributed by atoms with E-state index >= 15 is 4.39 Å². The Labute approximate surface area is 246 Å². The number of hydrogen-bond donors (Lipinski definition) is 3. The number of piperazine rings is 1. The van der Waals surface area contributed by atoms with Crippen molar-refractivity contribution in [3.63, 3.8) is 0 Å². The average Bonchev–Trinajstić information content (AvgIpc) is 2.94. The van der Waals surface area contributed by atoms with Crippen LogP contribution >= 0.6 is 11.6 Å². The van der Waals surface area contributed by atoms with E-state index in [1.807, 2.05) is 32.9 Å². The number of carbonyl (C=O) groups is 1. The number of benzene rings is 2. The van der Waals surface area contributed by atoms with Gasteiger partial charge in [0.05, 0.1) is 29.0 Å². The highest BCUT2D eigenvalue weighted by Gasteiger charge is 2.38. The molecule has 0 unspecified atom stereocenters. The summed E-state index contributed by atoms with van der Waals surface area (Å²) in [6.45, 7) is 6.75. The summed E-state index contributed by atoms with van der Waals surface area (Å²) in [5, 5.41) is 6.66. The lowest BCUT2D eigenvalue weighted by Crippen LogP contribution is -2.58. The number of aromatic nitrogens is 1. The maximum atomic E-state index is 15.1. The van der Waals surface area contributed by atoms with Crippen LogP contribution in [0.4, 0.5) is 10.1 Å². The first-order valence-corrected chi connectivity index (χ1v) is 15.6. The van der Waals surface area contributed by atoms with Crippen molar-refractivity contribution in [3.8, 4) is 0 Å². The highest BCUT2D eigenvalue weighted by atomic mass is 35.5. The van der Waals surface area contributed by atoms with Crippen molar-refractivity contribution >= 4 is 33.2 Å². The molecule has 220 valence electrons. The maximum Gasteiger partial charge on any atom is 0.243 e. The first-order valence-electron chi connectivity index (χ1n) is 13.7. The fraction of sp³-hybridized carbons (Fsp3) is 0.400. The molecule has 0 radical (unpaired) electrons. The smallest absolute Gasteiger partial charge is 0.243 e. The molecule has 4 rings (SSSR count). The number of hydrogen-bond acceptors (Lipinski definition) is 6. The number of halogens is 2. The predicted molar refractivity (Wildman–Crippen MR) is 160 cm³/mol. The van der Waals surface area contributed by atoms with Gasteiger partial charge in [-0.1, -0.05) is 55.8 Å². The number of carbonyl (C=O) groups excluding carboxylic acids is 1. The Morgan fingerprint density at radius 1 is 1.15 bits per heavy atom. The minimum absolute atomic E-state index is 0.0420. The summed E-state index contributed by atoms with van der Waals surface area (Å²) in [4.78, 5) is 17.5. The molecule has 1 aliphatic rings. The van der Waals surface area contributed by atoms with Crippen LogP contribution in [0.25, 0.3) is 0 Å². The van der Waals surface area contributed by atoms with E-state index in [1.54, 1.807) is 42.5 Å². The summed E-state index contributed by atoms with van der Waals surface area (Å²) in [5.74, 6) is -1.30. The minimum Gasteiger partial charge on any atom is -0.323 e. The summed E-state index contributed by atoms with van der Waals surface area (Å²) >= 11 is 6.04. The Morgan fingerprint density at radius 3 is 2.49 bits per heavy atom. The van der Waals surface area contributed by atoms with Gasteiger partial charge in [-0.05, 0) is 55.5 Å². The van der Waals surface area contributed by atoms with Crippen LogP contribution in [-0.2, 0) is 21.2 Å². The van der Waals surface area contributed by atoms with Gasteiger partial charge in [-0.15, -0.1) is 0 Å². The SMILES string of the molecule is CC(C)[C@H](c1ccc(Cl)cc1)[C@H](N)C(=O)Nc1cncc(F)c1CC[C@H]1CNC[C@@H](C)N1S(=O)(=O)c1ccccc1. The molecule has 2 heterocycles. The number of nitrogens with two attached hydrogens (primary N) is 1. The summed E-state index contributed by atoms with van der Waals surface area (Å²) < 4.78 is 43.8. The van der Waals surface area contributed by atoms with E-state index in [2.05, 4.69) is 15.6 Å². The number of rotatable bonds is 10. The van der Waals surface area contributed by atoms with Crippen LogP contribution in [0.5, 0.6) is 0 Å². The largest absolute Gasteiger partial charge is 0.323 e. The van der Waals surface area contributed by atoms with Crippen LogP contribution in [0.15, 0.2) is 71.9 Å². The van der Waals surface area contributed by atoms with Gasteiger partial charge in [0, 0.05) is 41.7 Å². The molecular weight excluding hydrogens is 565 g/mol. The number of pyridine rings is 1. The maximum absolute atomic E-state index is 15.1. The second kappa shape index (κ2) is 13.4. The molecule has 0 bridgehead atoms. The molecule has 1 amide bonds. The molecular formula is C30H37ClFN5O3S. The topological polar surface area (TPSA) is 117 Å². The van der Waals surface area contributed by atoms with Crippen molar-refractivity contribution in [2.24, 2.45) is 11.7 Å². The Balaban J connectivity index is 1.54. The monoisotopic (exact) mass is 601 g/mol. The lowest BCUT2D eigenvalue weighted by molar-refractivity contribution is -0.118. The van der Waals surface area contributed by atoms with Crippen LogP contribution in [0.2, 0.25) is 5.02 Å². The lowest BCUT2D eigenvalue weighted by atomic mass is 9.82. The summed E-state index contributed by atoms with van der Waals surface area (Å²) in [5.41, 5.74) is 7.81. The molecule has 2 aromatic carbocycles. The average molecular weight is 602 g/mol. The Morgan fingerprint density at radius 2 is 1.83 bits per heavy atom. The number of sulfonamides is 1. The van der Waals surface area contributed by atoms with Gasteiger partial charge in [-0.2, -0.15) is 4.31 Å². The zero-order valence-corrected chi connectivity index (χ0v) is 25.0. The van der Waals surface area contributed by atoms with Crippen LogP contribution < -0.4 is 16.4 Å². The molecule has 0 spiro atoms. The molecule has 0 saturated carbocycles. The van der Waals surface area contributed by atoms with E-state index in [9.17, 15) is 13.2 Å².